The van der Waals surface area contributed by atoms with E-state index in [2.05, 4.69) is 9.88 Å². The van der Waals surface area contributed by atoms with E-state index in [1.54, 1.807) is 23.0 Å². The third kappa shape index (κ3) is 2.35. The molecule has 0 unspecified atom stereocenters. The van der Waals surface area contributed by atoms with Gasteiger partial charge in [-0.2, -0.15) is 0 Å². The van der Waals surface area contributed by atoms with Gasteiger partial charge in [0.2, 0.25) is 0 Å². The van der Waals surface area contributed by atoms with Crippen molar-refractivity contribution in [3.63, 3.8) is 0 Å². The summed E-state index contributed by atoms with van der Waals surface area (Å²) in [6, 6.07) is 5.35. The Bertz CT molecular complexity index is 738. The van der Waals surface area contributed by atoms with Gasteiger partial charge in [0.25, 0.3) is 5.56 Å². The number of benzene rings is 1. The number of hydrogen-bond donors (Lipinski definition) is 0. The Morgan fingerprint density at radius 2 is 2.14 bits per heavy atom. The third-order valence-corrected chi connectivity index (χ3v) is 4.64. The van der Waals surface area contributed by atoms with E-state index >= 15 is 0 Å². The van der Waals surface area contributed by atoms with Gasteiger partial charge in [-0.05, 0) is 43.9 Å². The second kappa shape index (κ2) is 4.91. The minimum Gasteiger partial charge on any atom is -0.300 e. The van der Waals surface area contributed by atoms with Crippen LogP contribution in [0.3, 0.4) is 0 Å². The zero-order valence-corrected chi connectivity index (χ0v) is 11.8. The Labute approximate surface area is 122 Å². The first-order valence-corrected chi connectivity index (χ1v) is 7.60. The highest BCUT2D eigenvalue weighted by Crippen LogP contribution is 2.32. The van der Waals surface area contributed by atoms with Gasteiger partial charge in [-0.3, -0.25) is 9.36 Å². The number of aromatic nitrogens is 2. The smallest absolute Gasteiger partial charge is 0.264 e. The summed E-state index contributed by atoms with van der Waals surface area (Å²) in [7, 11) is 0. The van der Waals surface area contributed by atoms with Crippen LogP contribution in [0.2, 0.25) is 0 Å². The zero-order chi connectivity index (χ0) is 14.4. The van der Waals surface area contributed by atoms with Crippen molar-refractivity contribution in [3.05, 3.63) is 40.7 Å². The van der Waals surface area contributed by atoms with Gasteiger partial charge in [0.1, 0.15) is 11.2 Å². The fourth-order valence-corrected chi connectivity index (χ4v) is 3.35. The molecule has 2 aromatic rings. The normalized spacial score (nSPS) is 23.0. The molecular formula is C16H18FN3O. The molecule has 21 heavy (non-hydrogen) atoms. The van der Waals surface area contributed by atoms with E-state index in [0.29, 0.717) is 18.0 Å². The number of fused-ring (bicyclic) bond motifs is 1. The molecule has 0 spiro atoms. The van der Waals surface area contributed by atoms with Gasteiger partial charge in [-0.15, -0.1) is 0 Å². The van der Waals surface area contributed by atoms with Crippen molar-refractivity contribution in [3.8, 4) is 0 Å². The van der Waals surface area contributed by atoms with Crippen LogP contribution in [0.1, 0.15) is 19.3 Å². The maximum atomic E-state index is 13.9. The van der Waals surface area contributed by atoms with Crippen LogP contribution >= 0.6 is 0 Å². The van der Waals surface area contributed by atoms with Crippen molar-refractivity contribution < 1.29 is 4.39 Å². The Balaban J connectivity index is 1.60. The van der Waals surface area contributed by atoms with Crippen LogP contribution in [0.25, 0.3) is 10.9 Å². The summed E-state index contributed by atoms with van der Waals surface area (Å²) in [5.41, 5.74) is 0.172. The lowest BCUT2D eigenvalue weighted by Crippen LogP contribution is -2.28. The van der Waals surface area contributed by atoms with E-state index < -0.39 is 5.82 Å². The molecule has 0 amide bonds. The molecule has 0 radical (unpaired) electrons. The summed E-state index contributed by atoms with van der Waals surface area (Å²) in [5, 5.41) is 0.108. The second-order valence-electron chi connectivity index (χ2n) is 6.22. The predicted molar refractivity (Wildman–Crippen MR) is 78.7 cm³/mol. The molecule has 2 aliphatic rings. The number of likely N-dealkylation sites (tertiary alicyclic amines) is 1. The molecule has 1 aliphatic heterocycles. The van der Waals surface area contributed by atoms with Crippen molar-refractivity contribution in [1.29, 1.82) is 0 Å². The van der Waals surface area contributed by atoms with Crippen molar-refractivity contribution >= 4 is 10.9 Å². The fraction of sp³-hybridized carbons (Fsp3) is 0.500. The lowest BCUT2D eigenvalue weighted by molar-refractivity contribution is 0.306. The predicted octanol–water partition coefficient (Wildman–Crippen LogP) is 2.02. The molecule has 1 saturated carbocycles. The molecule has 4 rings (SSSR count). The molecule has 110 valence electrons. The molecule has 1 aromatic heterocycles. The topological polar surface area (TPSA) is 38.1 Å². The first kappa shape index (κ1) is 13.0. The molecule has 2 heterocycles. The van der Waals surface area contributed by atoms with Crippen molar-refractivity contribution in [2.45, 2.75) is 31.8 Å². The largest absolute Gasteiger partial charge is 0.300 e. The van der Waals surface area contributed by atoms with Gasteiger partial charge in [0.15, 0.2) is 0 Å². The highest BCUT2D eigenvalue weighted by molar-refractivity contribution is 5.77. The number of rotatable bonds is 3. The summed E-state index contributed by atoms with van der Waals surface area (Å²) >= 11 is 0. The Morgan fingerprint density at radius 1 is 1.29 bits per heavy atom. The molecule has 1 saturated heterocycles. The van der Waals surface area contributed by atoms with Gasteiger partial charge in [-0.25, -0.2) is 9.37 Å². The summed E-state index contributed by atoms with van der Waals surface area (Å²) < 4.78 is 15.4. The van der Waals surface area contributed by atoms with Crippen LogP contribution in [0.5, 0.6) is 0 Å². The summed E-state index contributed by atoms with van der Waals surface area (Å²) in [5.74, 6) is -0.0142. The van der Waals surface area contributed by atoms with Crippen molar-refractivity contribution in [2.24, 2.45) is 5.92 Å². The molecule has 0 bridgehead atoms. The highest BCUT2D eigenvalue weighted by atomic mass is 19.1. The minimum atomic E-state index is -0.481. The fourth-order valence-electron chi connectivity index (χ4n) is 3.35. The Morgan fingerprint density at radius 3 is 2.95 bits per heavy atom. The second-order valence-corrected chi connectivity index (χ2v) is 6.22. The van der Waals surface area contributed by atoms with Crippen LogP contribution < -0.4 is 5.56 Å². The average Bonchev–Trinajstić information content (AvgIpc) is 3.22. The molecular weight excluding hydrogens is 269 g/mol. The van der Waals surface area contributed by atoms with E-state index in [4.69, 9.17) is 0 Å². The minimum absolute atomic E-state index is 0.108. The van der Waals surface area contributed by atoms with E-state index in [1.165, 1.54) is 18.9 Å². The van der Waals surface area contributed by atoms with E-state index in [1.807, 2.05) is 0 Å². The van der Waals surface area contributed by atoms with Gasteiger partial charge in [0, 0.05) is 19.1 Å². The van der Waals surface area contributed by atoms with Crippen LogP contribution in [-0.4, -0.2) is 33.6 Å². The lowest BCUT2D eigenvalue weighted by Gasteiger charge is -2.15. The van der Waals surface area contributed by atoms with Gasteiger partial charge < -0.3 is 4.90 Å². The van der Waals surface area contributed by atoms with Gasteiger partial charge in [-0.1, -0.05) is 6.07 Å². The van der Waals surface area contributed by atoms with Gasteiger partial charge in [0.05, 0.1) is 11.8 Å². The van der Waals surface area contributed by atoms with Gasteiger partial charge >= 0.3 is 0 Å². The van der Waals surface area contributed by atoms with Crippen LogP contribution in [0.4, 0.5) is 4.39 Å². The summed E-state index contributed by atoms with van der Waals surface area (Å²) in [4.78, 5) is 19.2. The van der Waals surface area contributed by atoms with E-state index in [0.717, 1.165) is 25.6 Å². The average molecular weight is 287 g/mol. The number of halogens is 1. The third-order valence-electron chi connectivity index (χ3n) is 4.64. The molecule has 0 N–H and O–H groups in total. The number of nitrogens with zero attached hydrogens (tertiary/aromatic N) is 3. The van der Waals surface area contributed by atoms with Crippen LogP contribution in [-0.2, 0) is 6.54 Å². The first-order valence-electron chi connectivity index (χ1n) is 7.60. The molecule has 2 fully saturated rings. The van der Waals surface area contributed by atoms with Crippen LogP contribution in [0.15, 0.2) is 29.3 Å². The summed E-state index contributed by atoms with van der Waals surface area (Å²) in [6.07, 6.45) is 5.30. The van der Waals surface area contributed by atoms with E-state index in [-0.39, 0.29) is 10.9 Å². The first-order chi connectivity index (χ1) is 10.2. The SMILES string of the molecule is O=c1c2c(F)cccc2ncn1C[C@@H]1CCN(C2CC2)C1. The quantitative estimate of drug-likeness (QED) is 0.867. The monoisotopic (exact) mass is 287 g/mol. The molecule has 1 aliphatic carbocycles. The Hall–Kier alpha value is -1.75. The maximum absolute atomic E-state index is 13.9. The van der Waals surface area contributed by atoms with Crippen LogP contribution in [0, 0.1) is 11.7 Å². The zero-order valence-electron chi connectivity index (χ0n) is 11.8. The summed E-state index contributed by atoms with van der Waals surface area (Å²) in [6.45, 7) is 2.81. The maximum Gasteiger partial charge on any atom is 0.264 e. The molecule has 5 heteroatoms. The lowest BCUT2D eigenvalue weighted by atomic mass is 10.1. The molecule has 1 aromatic carbocycles. The molecule has 1 atom stereocenters. The van der Waals surface area contributed by atoms with E-state index in [9.17, 15) is 9.18 Å². The van der Waals surface area contributed by atoms with Crippen molar-refractivity contribution in [1.82, 2.24) is 14.5 Å². The standard InChI is InChI=1S/C16H18FN3O/c17-13-2-1-3-14-15(13)16(21)20(10-18-14)9-11-6-7-19(8-11)12-4-5-12/h1-3,10-12H,4-9H2/t11-/m1/s1. The Kier molecular flexibility index (Phi) is 3.03. The molecule has 4 nitrogen and oxygen atoms in total. The highest BCUT2D eigenvalue weighted by Gasteiger charge is 2.34. The van der Waals surface area contributed by atoms with Crippen molar-refractivity contribution in [2.75, 3.05) is 13.1 Å². The number of hydrogen-bond acceptors (Lipinski definition) is 3.